The van der Waals surface area contributed by atoms with Crippen molar-refractivity contribution in [1.82, 2.24) is 4.90 Å². The number of carbonyl (C=O) groups excluding carboxylic acids is 3. The highest BCUT2D eigenvalue weighted by Gasteiger charge is 2.35. The third-order valence-corrected chi connectivity index (χ3v) is 5.14. The third-order valence-electron chi connectivity index (χ3n) is 4.79. The average molecular weight is 424 g/mol. The first-order chi connectivity index (χ1) is 14.5. The van der Waals surface area contributed by atoms with E-state index in [0.29, 0.717) is 16.7 Å². The van der Waals surface area contributed by atoms with Gasteiger partial charge in [-0.05, 0) is 42.0 Å². The van der Waals surface area contributed by atoms with Gasteiger partial charge < -0.3 is 4.74 Å². The molecule has 3 aromatic carbocycles. The molecular weight excluding hydrogens is 409 g/mol. The van der Waals surface area contributed by atoms with Crippen LogP contribution in [0.2, 0.25) is 5.02 Å². The first kappa shape index (κ1) is 19.8. The maximum atomic E-state index is 13.8. The molecule has 1 heterocycles. The van der Waals surface area contributed by atoms with Gasteiger partial charge in [-0.15, -0.1) is 0 Å². The molecule has 1 aliphatic rings. The summed E-state index contributed by atoms with van der Waals surface area (Å²) < 4.78 is 19.0. The van der Waals surface area contributed by atoms with Gasteiger partial charge >= 0.3 is 5.97 Å². The van der Waals surface area contributed by atoms with Crippen LogP contribution >= 0.6 is 11.6 Å². The maximum absolute atomic E-state index is 13.8. The van der Waals surface area contributed by atoms with Gasteiger partial charge in [-0.2, -0.15) is 0 Å². The monoisotopic (exact) mass is 423 g/mol. The van der Waals surface area contributed by atoms with E-state index >= 15 is 0 Å². The number of nitrogens with zero attached hydrogens (tertiary/aromatic N) is 1. The largest absolute Gasteiger partial charge is 0.457 e. The number of fused-ring (bicyclic) bond motifs is 1. The normalized spacial score (nSPS) is 12.8. The Bertz CT molecular complexity index is 1120. The lowest BCUT2D eigenvalue weighted by molar-refractivity contribution is 0.0468. The number of halogens is 2. The SMILES string of the molecule is O=C(OCc1c(F)cccc1Cl)c1cccc(CN2C(=O)c3ccccc3C2=O)c1. The lowest BCUT2D eigenvalue weighted by Crippen LogP contribution is -2.29. The van der Waals surface area contributed by atoms with E-state index in [4.69, 9.17) is 16.3 Å². The fourth-order valence-corrected chi connectivity index (χ4v) is 3.47. The van der Waals surface area contributed by atoms with E-state index in [1.54, 1.807) is 36.4 Å². The summed E-state index contributed by atoms with van der Waals surface area (Å²) in [4.78, 5) is 38.6. The van der Waals surface area contributed by atoms with Crippen LogP contribution in [0.3, 0.4) is 0 Å². The molecule has 0 N–H and O–H groups in total. The number of hydrogen-bond acceptors (Lipinski definition) is 4. The summed E-state index contributed by atoms with van der Waals surface area (Å²) in [5, 5.41) is 0.169. The van der Waals surface area contributed by atoms with Gasteiger partial charge in [-0.1, -0.05) is 41.9 Å². The molecule has 0 atom stereocenters. The van der Waals surface area contributed by atoms with Crippen LogP contribution in [0.25, 0.3) is 0 Å². The zero-order valence-corrected chi connectivity index (χ0v) is 16.4. The molecule has 0 saturated carbocycles. The summed E-state index contributed by atoms with van der Waals surface area (Å²) in [6.45, 7) is -0.292. The highest BCUT2D eigenvalue weighted by atomic mass is 35.5. The van der Waals surface area contributed by atoms with Gasteiger partial charge in [0.1, 0.15) is 12.4 Å². The predicted molar refractivity (Wildman–Crippen MR) is 108 cm³/mol. The van der Waals surface area contributed by atoms with Crippen molar-refractivity contribution >= 4 is 29.4 Å². The summed E-state index contributed by atoms with van der Waals surface area (Å²) >= 11 is 5.94. The van der Waals surface area contributed by atoms with Gasteiger partial charge in [0.2, 0.25) is 0 Å². The van der Waals surface area contributed by atoms with Crippen molar-refractivity contribution < 1.29 is 23.5 Å². The lowest BCUT2D eigenvalue weighted by Gasteiger charge is -2.14. The van der Waals surface area contributed by atoms with Gasteiger partial charge in [0.25, 0.3) is 11.8 Å². The molecule has 0 fully saturated rings. The van der Waals surface area contributed by atoms with Crippen LogP contribution in [-0.4, -0.2) is 22.7 Å². The first-order valence-corrected chi connectivity index (χ1v) is 9.47. The van der Waals surface area contributed by atoms with Crippen LogP contribution in [0.15, 0.2) is 66.7 Å². The second kappa shape index (κ2) is 8.08. The van der Waals surface area contributed by atoms with Crippen LogP contribution in [0.4, 0.5) is 4.39 Å². The summed E-state index contributed by atoms with van der Waals surface area (Å²) in [6.07, 6.45) is 0. The molecule has 150 valence electrons. The molecule has 2 amide bonds. The number of amides is 2. The fourth-order valence-electron chi connectivity index (χ4n) is 3.25. The van der Waals surface area contributed by atoms with E-state index in [2.05, 4.69) is 0 Å². The molecule has 0 radical (unpaired) electrons. The van der Waals surface area contributed by atoms with Crippen molar-refractivity contribution in [2.45, 2.75) is 13.2 Å². The Morgan fingerprint density at radius 3 is 2.27 bits per heavy atom. The van der Waals surface area contributed by atoms with Crippen molar-refractivity contribution in [2.24, 2.45) is 0 Å². The molecule has 0 bridgehead atoms. The number of carbonyl (C=O) groups is 3. The number of benzene rings is 3. The number of imide groups is 1. The van der Waals surface area contributed by atoms with Gasteiger partial charge in [0.15, 0.2) is 0 Å². The van der Waals surface area contributed by atoms with Crippen LogP contribution in [0, 0.1) is 5.82 Å². The number of esters is 1. The smallest absolute Gasteiger partial charge is 0.338 e. The molecular formula is C23H15ClFNO4. The minimum atomic E-state index is -0.668. The molecule has 0 saturated heterocycles. The minimum absolute atomic E-state index is 0.0204. The van der Waals surface area contributed by atoms with Crippen LogP contribution in [0.5, 0.6) is 0 Å². The highest BCUT2D eigenvalue weighted by molar-refractivity contribution is 6.31. The number of rotatable bonds is 5. The van der Waals surface area contributed by atoms with Crippen molar-refractivity contribution in [1.29, 1.82) is 0 Å². The minimum Gasteiger partial charge on any atom is -0.457 e. The summed E-state index contributed by atoms with van der Waals surface area (Å²) in [5.41, 5.74) is 1.62. The van der Waals surface area contributed by atoms with E-state index in [9.17, 15) is 18.8 Å². The molecule has 5 nitrogen and oxygen atoms in total. The van der Waals surface area contributed by atoms with Gasteiger partial charge in [-0.25, -0.2) is 9.18 Å². The molecule has 0 aromatic heterocycles. The highest BCUT2D eigenvalue weighted by Crippen LogP contribution is 2.25. The van der Waals surface area contributed by atoms with E-state index in [-0.39, 0.29) is 41.1 Å². The maximum Gasteiger partial charge on any atom is 0.338 e. The van der Waals surface area contributed by atoms with Crippen molar-refractivity contribution in [3.63, 3.8) is 0 Å². The molecule has 0 spiro atoms. The topological polar surface area (TPSA) is 63.7 Å². The molecule has 3 aromatic rings. The van der Waals surface area contributed by atoms with Crippen molar-refractivity contribution in [2.75, 3.05) is 0 Å². The van der Waals surface area contributed by atoms with Gasteiger partial charge in [0.05, 0.1) is 28.3 Å². The average Bonchev–Trinajstić information content (AvgIpc) is 2.98. The number of ether oxygens (including phenoxy) is 1. The van der Waals surface area contributed by atoms with Crippen molar-refractivity contribution in [3.05, 3.63) is 105 Å². The fraction of sp³-hybridized carbons (Fsp3) is 0.0870. The van der Waals surface area contributed by atoms with Gasteiger partial charge in [0, 0.05) is 5.56 Å². The molecule has 0 aliphatic carbocycles. The predicted octanol–water partition coefficient (Wildman–Crippen LogP) is 4.63. The lowest BCUT2D eigenvalue weighted by atomic mass is 10.1. The second-order valence-electron chi connectivity index (χ2n) is 6.72. The van der Waals surface area contributed by atoms with E-state index < -0.39 is 11.8 Å². The third kappa shape index (κ3) is 3.69. The molecule has 7 heteroatoms. The van der Waals surface area contributed by atoms with E-state index in [0.717, 1.165) is 4.90 Å². The Balaban J connectivity index is 1.47. The van der Waals surface area contributed by atoms with Crippen LogP contribution in [-0.2, 0) is 17.9 Å². The summed E-state index contributed by atoms with van der Waals surface area (Å²) in [5.74, 6) is -1.98. The van der Waals surface area contributed by atoms with E-state index in [1.165, 1.54) is 30.3 Å². The molecule has 30 heavy (non-hydrogen) atoms. The Morgan fingerprint density at radius 1 is 0.933 bits per heavy atom. The zero-order chi connectivity index (χ0) is 21.3. The summed E-state index contributed by atoms with van der Waals surface area (Å²) in [6, 6.07) is 17.2. The Labute approximate surface area is 176 Å². The Hall–Kier alpha value is -3.51. The number of hydrogen-bond donors (Lipinski definition) is 0. The summed E-state index contributed by atoms with van der Waals surface area (Å²) in [7, 11) is 0. The molecule has 0 unspecified atom stereocenters. The first-order valence-electron chi connectivity index (χ1n) is 9.10. The van der Waals surface area contributed by atoms with Crippen LogP contribution < -0.4 is 0 Å². The Kier molecular flexibility index (Phi) is 5.33. The Morgan fingerprint density at radius 2 is 1.60 bits per heavy atom. The van der Waals surface area contributed by atoms with Crippen LogP contribution in [0.1, 0.15) is 42.2 Å². The van der Waals surface area contributed by atoms with Crippen molar-refractivity contribution in [3.8, 4) is 0 Å². The molecule has 1 aliphatic heterocycles. The van der Waals surface area contributed by atoms with E-state index in [1.807, 2.05) is 0 Å². The molecule has 4 rings (SSSR count). The standard InChI is InChI=1S/C23H15ClFNO4/c24-19-9-4-10-20(25)18(19)13-30-23(29)15-6-3-5-14(11-15)12-26-21(27)16-7-1-2-8-17(16)22(26)28/h1-11H,12-13H2. The van der Waals surface area contributed by atoms with Gasteiger partial charge in [-0.3, -0.25) is 14.5 Å². The zero-order valence-electron chi connectivity index (χ0n) is 15.6. The second-order valence-corrected chi connectivity index (χ2v) is 7.13. The quantitative estimate of drug-likeness (QED) is 0.443.